The van der Waals surface area contributed by atoms with Crippen LogP contribution in [0.15, 0.2) is 43.0 Å². The molecule has 0 aliphatic carbocycles. The first-order valence-corrected chi connectivity index (χ1v) is 7.87. The second-order valence-corrected chi connectivity index (χ2v) is 6.27. The third kappa shape index (κ3) is 8.33. The number of ether oxygens (including phenoxy) is 2. The number of allylic oxidation sites excluding steroid dienone is 1. The molecule has 24 heavy (non-hydrogen) atoms. The summed E-state index contributed by atoms with van der Waals surface area (Å²) in [6.45, 7) is 9.18. The summed E-state index contributed by atoms with van der Waals surface area (Å²) in [6.07, 6.45) is 1.39. The maximum absolute atomic E-state index is 12.2. The van der Waals surface area contributed by atoms with Gasteiger partial charge in [-0.25, -0.2) is 10.2 Å². The maximum Gasteiger partial charge on any atom is 0.426 e. The fourth-order valence-corrected chi connectivity index (χ4v) is 1.83. The average molecular weight is 334 g/mol. The molecule has 0 saturated heterocycles. The van der Waals surface area contributed by atoms with Gasteiger partial charge >= 0.3 is 6.09 Å². The van der Waals surface area contributed by atoms with Crippen molar-refractivity contribution in [3.8, 4) is 0 Å². The summed E-state index contributed by atoms with van der Waals surface area (Å²) in [5, 5.41) is 0. The molecule has 0 fully saturated rings. The van der Waals surface area contributed by atoms with Gasteiger partial charge in [-0.05, 0) is 39.2 Å². The lowest BCUT2D eigenvalue weighted by Crippen LogP contribution is -2.48. The first-order chi connectivity index (χ1) is 11.3. The van der Waals surface area contributed by atoms with Crippen LogP contribution in [0.4, 0.5) is 4.79 Å². The van der Waals surface area contributed by atoms with Gasteiger partial charge in [-0.15, -0.1) is 6.58 Å². The van der Waals surface area contributed by atoms with Crippen molar-refractivity contribution < 1.29 is 19.1 Å². The average Bonchev–Trinajstić information content (AvgIpc) is 2.52. The molecule has 0 heterocycles. The zero-order chi connectivity index (χ0) is 18.0. The lowest BCUT2D eigenvalue weighted by molar-refractivity contribution is -0.135. The van der Waals surface area contributed by atoms with E-state index >= 15 is 0 Å². The summed E-state index contributed by atoms with van der Waals surface area (Å²) in [5.74, 6) is -0.432. The second kappa shape index (κ2) is 9.72. The van der Waals surface area contributed by atoms with Gasteiger partial charge in [0, 0.05) is 0 Å². The summed E-state index contributed by atoms with van der Waals surface area (Å²) in [7, 11) is 0. The van der Waals surface area contributed by atoms with E-state index in [1.165, 1.54) is 0 Å². The summed E-state index contributed by atoms with van der Waals surface area (Å²) in [4.78, 5) is 23.8. The summed E-state index contributed by atoms with van der Waals surface area (Å²) >= 11 is 0. The van der Waals surface area contributed by atoms with Crippen LogP contribution in [0.1, 0.15) is 39.2 Å². The molecule has 0 bridgehead atoms. The van der Waals surface area contributed by atoms with E-state index in [9.17, 15) is 9.59 Å². The quantitative estimate of drug-likeness (QED) is 0.593. The van der Waals surface area contributed by atoms with Gasteiger partial charge in [-0.2, -0.15) is 0 Å². The van der Waals surface area contributed by atoms with Gasteiger partial charge in [0.1, 0.15) is 11.7 Å². The minimum atomic E-state index is -0.721. The standard InChI is InChI=1S/C18H26N2O4/c1-5-6-12-15(23-13-14-10-8-7-9-11-14)16(21)19-20-17(22)24-18(2,3)4/h5,7-11,15H,1,6,12-13H2,2-4H3,(H,19,21)(H,20,22). The van der Waals surface area contributed by atoms with Crippen molar-refractivity contribution in [1.82, 2.24) is 10.9 Å². The molecule has 2 N–H and O–H groups in total. The fourth-order valence-electron chi connectivity index (χ4n) is 1.83. The van der Waals surface area contributed by atoms with Crippen LogP contribution >= 0.6 is 0 Å². The molecule has 0 aliphatic rings. The minimum absolute atomic E-state index is 0.308. The Hall–Kier alpha value is -2.34. The highest BCUT2D eigenvalue weighted by Gasteiger charge is 2.21. The molecule has 2 amide bonds. The van der Waals surface area contributed by atoms with Crippen molar-refractivity contribution in [2.75, 3.05) is 0 Å². The number of hydrogen-bond donors (Lipinski definition) is 2. The van der Waals surface area contributed by atoms with Gasteiger partial charge < -0.3 is 9.47 Å². The van der Waals surface area contributed by atoms with Crippen molar-refractivity contribution >= 4 is 12.0 Å². The molecule has 0 spiro atoms. The van der Waals surface area contributed by atoms with Crippen molar-refractivity contribution in [1.29, 1.82) is 0 Å². The number of amides is 2. The number of rotatable bonds is 7. The third-order valence-electron chi connectivity index (χ3n) is 2.91. The molecule has 0 aromatic heterocycles. The Morgan fingerprint density at radius 2 is 1.88 bits per heavy atom. The van der Waals surface area contributed by atoms with Crippen LogP contribution in [0.25, 0.3) is 0 Å². The molecule has 0 saturated carbocycles. The molecular formula is C18H26N2O4. The number of hydrazine groups is 1. The maximum atomic E-state index is 12.2. The normalized spacial score (nSPS) is 12.1. The lowest BCUT2D eigenvalue weighted by atomic mass is 10.2. The Kier molecular flexibility index (Phi) is 7.98. The number of carbonyl (C=O) groups excluding carboxylic acids is 2. The number of hydrogen-bond acceptors (Lipinski definition) is 4. The van der Waals surface area contributed by atoms with Crippen LogP contribution in [-0.2, 0) is 20.9 Å². The summed E-state index contributed by atoms with van der Waals surface area (Å²) in [5.41, 5.74) is 4.88. The number of benzene rings is 1. The van der Waals surface area contributed by atoms with Gasteiger partial charge in [0.25, 0.3) is 5.91 Å². The van der Waals surface area contributed by atoms with Crippen molar-refractivity contribution in [3.05, 3.63) is 48.6 Å². The highest BCUT2D eigenvalue weighted by molar-refractivity contribution is 5.82. The predicted molar refractivity (Wildman–Crippen MR) is 92.0 cm³/mol. The fraction of sp³-hybridized carbons (Fsp3) is 0.444. The Morgan fingerprint density at radius 1 is 1.21 bits per heavy atom. The van der Waals surface area contributed by atoms with Gasteiger partial charge in [0.05, 0.1) is 6.61 Å². The number of carbonyl (C=O) groups is 2. The van der Waals surface area contributed by atoms with Gasteiger partial charge in [0.2, 0.25) is 0 Å². The van der Waals surface area contributed by atoms with Crippen LogP contribution in [0.3, 0.4) is 0 Å². The Balaban J connectivity index is 2.51. The molecular weight excluding hydrogens is 308 g/mol. The molecule has 132 valence electrons. The molecule has 1 rings (SSSR count). The zero-order valence-electron chi connectivity index (χ0n) is 14.5. The number of nitrogens with one attached hydrogen (secondary N) is 2. The van der Waals surface area contributed by atoms with E-state index in [1.54, 1.807) is 26.8 Å². The van der Waals surface area contributed by atoms with Gasteiger partial charge in [-0.1, -0.05) is 36.4 Å². The monoisotopic (exact) mass is 334 g/mol. The van der Waals surface area contributed by atoms with Crippen molar-refractivity contribution in [2.24, 2.45) is 0 Å². The summed E-state index contributed by atoms with van der Waals surface area (Å²) in [6, 6.07) is 9.56. The van der Waals surface area contributed by atoms with Crippen LogP contribution in [0, 0.1) is 0 Å². The van der Waals surface area contributed by atoms with E-state index in [4.69, 9.17) is 9.47 Å². The molecule has 1 unspecified atom stereocenters. The van der Waals surface area contributed by atoms with Crippen LogP contribution in [0.5, 0.6) is 0 Å². The Labute approximate surface area is 143 Å². The Morgan fingerprint density at radius 3 is 2.46 bits per heavy atom. The zero-order valence-corrected chi connectivity index (χ0v) is 14.5. The Bertz CT molecular complexity index is 538. The molecule has 0 radical (unpaired) electrons. The smallest absolute Gasteiger partial charge is 0.426 e. The van der Waals surface area contributed by atoms with Crippen LogP contribution in [-0.4, -0.2) is 23.7 Å². The molecule has 0 aliphatic heterocycles. The van der Waals surface area contributed by atoms with Crippen LogP contribution < -0.4 is 10.9 Å². The van der Waals surface area contributed by atoms with Crippen molar-refractivity contribution in [3.63, 3.8) is 0 Å². The van der Waals surface area contributed by atoms with Gasteiger partial charge in [-0.3, -0.25) is 10.2 Å². The van der Waals surface area contributed by atoms with E-state index in [0.717, 1.165) is 5.56 Å². The van der Waals surface area contributed by atoms with Crippen LogP contribution in [0.2, 0.25) is 0 Å². The minimum Gasteiger partial charge on any atom is -0.443 e. The third-order valence-corrected chi connectivity index (χ3v) is 2.91. The topological polar surface area (TPSA) is 76.7 Å². The molecule has 1 aromatic carbocycles. The largest absolute Gasteiger partial charge is 0.443 e. The lowest BCUT2D eigenvalue weighted by Gasteiger charge is -2.21. The summed E-state index contributed by atoms with van der Waals surface area (Å²) < 4.78 is 10.7. The highest BCUT2D eigenvalue weighted by Crippen LogP contribution is 2.09. The first-order valence-electron chi connectivity index (χ1n) is 7.87. The molecule has 1 aromatic rings. The van der Waals surface area contributed by atoms with Gasteiger partial charge in [0.15, 0.2) is 0 Å². The molecule has 6 nitrogen and oxygen atoms in total. The molecule has 1 atom stereocenters. The van der Waals surface area contributed by atoms with Crippen molar-refractivity contribution in [2.45, 2.75) is 51.9 Å². The predicted octanol–water partition coefficient (Wildman–Crippen LogP) is 3.09. The van der Waals surface area contributed by atoms with E-state index < -0.39 is 23.7 Å². The van der Waals surface area contributed by atoms with E-state index in [-0.39, 0.29) is 0 Å². The SMILES string of the molecule is C=CCCC(OCc1ccccc1)C(=O)NNC(=O)OC(C)(C)C. The van der Waals surface area contributed by atoms with E-state index in [1.807, 2.05) is 30.3 Å². The highest BCUT2D eigenvalue weighted by atomic mass is 16.6. The van der Waals surface area contributed by atoms with E-state index in [2.05, 4.69) is 17.4 Å². The second-order valence-electron chi connectivity index (χ2n) is 6.27. The molecule has 6 heteroatoms. The first kappa shape index (κ1) is 19.7. The van der Waals surface area contributed by atoms with E-state index in [0.29, 0.717) is 19.4 Å².